The smallest absolute Gasteiger partial charge is 0.185 e. The van der Waals surface area contributed by atoms with Gasteiger partial charge < -0.3 is 4.74 Å². The zero-order valence-electron chi connectivity index (χ0n) is 14.0. The summed E-state index contributed by atoms with van der Waals surface area (Å²) in [5.74, 6) is 0.201. The molecule has 3 aromatic rings. The Morgan fingerprint density at radius 1 is 1.27 bits per heavy atom. The van der Waals surface area contributed by atoms with E-state index in [1.54, 1.807) is 24.1 Å². The van der Waals surface area contributed by atoms with Gasteiger partial charge in [0.05, 0.1) is 24.3 Å². The first-order valence-electron chi connectivity index (χ1n) is 7.88. The van der Waals surface area contributed by atoms with Crippen molar-refractivity contribution in [2.24, 2.45) is 0 Å². The Morgan fingerprint density at radius 2 is 2.04 bits per heavy atom. The van der Waals surface area contributed by atoms with E-state index in [-0.39, 0.29) is 11.6 Å². The summed E-state index contributed by atoms with van der Waals surface area (Å²) < 4.78 is 21.0. The quantitative estimate of drug-likeness (QED) is 0.432. The normalized spacial score (nSPS) is 11.0. The molecule has 0 aliphatic heterocycles. The van der Waals surface area contributed by atoms with Crippen LogP contribution < -0.4 is 4.74 Å². The fourth-order valence-electron chi connectivity index (χ4n) is 2.51. The molecule has 0 aliphatic carbocycles. The highest BCUT2D eigenvalue weighted by atomic mass is 79.9. The van der Waals surface area contributed by atoms with Crippen LogP contribution in [-0.4, -0.2) is 22.7 Å². The number of carbonyl (C=O) groups excluding carboxylic acids is 1. The van der Waals surface area contributed by atoms with E-state index in [1.807, 2.05) is 24.4 Å². The van der Waals surface area contributed by atoms with Crippen molar-refractivity contribution in [1.82, 2.24) is 9.78 Å². The van der Waals surface area contributed by atoms with Crippen molar-refractivity contribution in [2.45, 2.75) is 6.54 Å². The minimum Gasteiger partial charge on any atom is -0.496 e. The SMILES string of the molecule is COc1ccc(/C=C/C(=O)c2ccc(F)cc2)cc1Cn1cc(Br)cn1. The third-order valence-electron chi connectivity index (χ3n) is 3.79. The number of hydrogen-bond donors (Lipinski definition) is 0. The molecule has 4 nitrogen and oxygen atoms in total. The third kappa shape index (κ3) is 4.46. The summed E-state index contributed by atoms with van der Waals surface area (Å²) in [6.45, 7) is 0.544. The van der Waals surface area contributed by atoms with Crippen molar-refractivity contribution in [1.29, 1.82) is 0 Å². The molecule has 0 bridgehead atoms. The second-order valence-corrected chi connectivity index (χ2v) is 6.55. The van der Waals surface area contributed by atoms with Crippen LogP contribution in [0.15, 0.2) is 65.4 Å². The van der Waals surface area contributed by atoms with E-state index in [9.17, 15) is 9.18 Å². The molecular formula is C20H16BrFN2O2. The van der Waals surface area contributed by atoms with Gasteiger partial charge in [0.1, 0.15) is 11.6 Å². The van der Waals surface area contributed by atoms with Gasteiger partial charge in [0.25, 0.3) is 0 Å². The average Bonchev–Trinajstić information content (AvgIpc) is 3.05. The zero-order chi connectivity index (χ0) is 18.5. The molecule has 0 atom stereocenters. The van der Waals surface area contributed by atoms with Crippen LogP contribution in [0, 0.1) is 5.82 Å². The molecule has 26 heavy (non-hydrogen) atoms. The van der Waals surface area contributed by atoms with Gasteiger partial charge in [0.15, 0.2) is 5.78 Å². The van der Waals surface area contributed by atoms with E-state index in [2.05, 4.69) is 21.0 Å². The lowest BCUT2D eigenvalue weighted by Crippen LogP contribution is -2.02. The van der Waals surface area contributed by atoms with E-state index in [0.29, 0.717) is 12.1 Å². The fraction of sp³-hybridized carbons (Fsp3) is 0.100. The standard InChI is InChI=1S/C20H16BrFN2O2/c1-26-20-9-3-14(10-16(20)12-24-13-17(21)11-23-24)2-8-19(25)15-4-6-18(22)7-5-15/h2-11,13H,12H2,1H3/b8-2+. The summed E-state index contributed by atoms with van der Waals surface area (Å²) in [6.07, 6.45) is 6.80. The predicted octanol–water partition coefficient (Wildman–Crippen LogP) is 4.74. The average molecular weight is 415 g/mol. The highest BCUT2D eigenvalue weighted by Crippen LogP contribution is 2.22. The molecule has 1 heterocycles. The molecule has 0 aliphatic rings. The van der Waals surface area contributed by atoms with Crippen LogP contribution in [0.4, 0.5) is 4.39 Å². The van der Waals surface area contributed by atoms with E-state index in [0.717, 1.165) is 21.3 Å². The number of rotatable bonds is 6. The lowest BCUT2D eigenvalue weighted by molar-refractivity contribution is 0.104. The van der Waals surface area contributed by atoms with Gasteiger partial charge in [-0.1, -0.05) is 12.1 Å². The summed E-state index contributed by atoms with van der Waals surface area (Å²) in [6, 6.07) is 11.2. The lowest BCUT2D eigenvalue weighted by Gasteiger charge is -2.09. The van der Waals surface area contributed by atoms with Crippen LogP contribution in [0.5, 0.6) is 5.75 Å². The van der Waals surface area contributed by atoms with E-state index in [1.165, 1.54) is 30.3 Å². The molecule has 1 aromatic heterocycles. The molecule has 132 valence electrons. The van der Waals surface area contributed by atoms with Gasteiger partial charge in [-0.2, -0.15) is 5.10 Å². The van der Waals surface area contributed by atoms with Gasteiger partial charge in [-0.3, -0.25) is 9.48 Å². The number of aromatic nitrogens is 2. The first-order valence-corrected chi connectivity index (χ1v) is 8.67. The van der Waals surface area contributed by atoms with Crippen LogP contribution in [0.1, 0.15) is 21.5 Å². The molecule has 0 spiro atoms. The number of carbonyl (C=O) groups is 1. The number of methoxy groups -OCH3 is 1. The van der Waals surface area contributed by atoms with Gasteiger partial charge >= 0.3 is 0 Å². The topological polar surface area (TPSA) is 44.1 Å². The Bertz CT molecular complexity index is 949. The maximum absolute atomic E-state index is 12.9. The van der Waals surface area contributed by atoms with E-state index in [4.69, 9.17) is 4.74 Å². The van der Waals surface area contributed by atoms with Crippen LogP contribution in [-0.2, 0) is 6.54 Å². The molecule has 0 unspecified atom stereocenters. The van der Waals surface area contributed by atoms with Crippen LogP contribution in [0.25, 0.3) is 6.08 Å². The fourth-order valence-corrected chi connectivity index (χ4v) is 2.84. The molecule has 0 N–H and O–H groups in total. The molecule has 6 heteroatoms. The Labute approximate surface area is 159 Å². The summed E-state index contributed by atoms with van der Waals surface area (Å²) in [5, 5.41) is 4.25. The summed E-state index contributed by atoms with van der Waals surface area (Å²) in [4.78, 5) is 12.2. The molecule has 0 radical (unpaired) electrons. The maximum atomic E-state index is 12.9. The molecule has 0 saturated carbocycles. The van der Waals surface area contributed by atoms with Crippen molar-refractivity contribution >= 4 is 27.8 Å². The van der Waals surface area contributed by atoms with Crippen molar-refractivity contribution in [3.05, 3.63) is 87.9 Å². The first-order chi connectivity index (χ1) is 12.5. The monoisotopic (exact) mass is 414 g/mol. The second-order valence-electron chi connectivity index (χ2n) is 5.63. The third-order valence-corrected chi connectivity index (χ3v) is 4.20. The van der Waals surface area contributed by atoms with Crippen LogP contribution in [0.3, 0.4) is 0 Å². The Hall–Kier alpha value is -2.73. The minimum absolute atomic E-state index is 0.182. The van der Waals surface area contributed by atoms with Crippen molar-refractivity contribution in [3.63, 3.8) is 0 Å². The van der Waals surface area contributed by atoms with Gasteiger partial charge in [0, 0.05) is 17.3 Å². The molecule has 0 amide bonds. The Balaban J connectivity index is 1.80. The Morgan fingerprint density at radius 3 is 2.69 bits per heavy atom. The van der Waals surface area contributed by atoms with E-state index >= 15 is 0 Å². The summed E-state index contributed by atoms with van der Waals surface area (Å²) in [7, 11) is 1.62. The predicted molar refractivity (Wildman–Crippen MR) is 102 cm³/mol. The lowest BCUT2D eigenvalue weighted by atomic mass is 10.1. The highest BCUT2D eigenvalue weighted by Gasteiger charge is 2.07. The summed E-state index contributed by atoms with van der Waals surface area (Å²) >= 11 is 3.38. The molecule has 0 saturated heterocycles. The van der Waals surface area contributed by atoms with Crippen LogP contribution >= 0.6 is 15.9 Å². The van der Waals surface area contributed by atoms with Gasteiger partial charge in [-0.05, 0) is 64.0 Å². The summed E-state index contributed by atoms with van der Waals surface area (Å²) in [5.41, 5.74) is 2.25. The largest absolute Gasteiger partial charge is 0.496 e. The van der Waals surface area contributed by atoms with Gasteiger partial charge in [0.2, 0.25) is 0 Å². The number of halogens is 2. The molecular weight excluding hydrogens is 399 g/mol. The number of hydrogen-bond acceptors (Lipinski definition) is 3. The van der Waals surface area contributed by atoms with Crippen molar-refractivity contribution < 1.29 is 13.9 Å². The van der Waals surface area contributed by atoms with Crippen LogP contribution in [0.2, 0.25) is 0 Å². The second kappa shape index (κ2) is 8.10. The number of ketones is 1. The first kappa shape index (κ1) is 18.1. The zero-order valence-corrected chi connectivity index (χ0v) is 15.6. The molecule has 3 rings (SSSR count). The number of benzene rings is 2. The van der Waals surface area contributed by atoms with Gasteiger partial charge in [-0.15, -0.1) is 0 Å². The number of nitrogens with zero attached hydrogens (tertiary/aromatic N) is 2. The molecule has 2 aromatic carbocycles. The Kier molecular flexibility index (Phi) is 5.63. The van der Waals surface area contributed by atoms with Crippen molar-refractivity contribution in [3.8, 4) is 5.75 Å². The van der Waals surface area contributed by atoms with E-state index < -0.39 is 0 Å². The molecule has 0 fully saturated rings. The number of allylic oxidation sites excluding steroid dienone is 1. The van der Waals surface area contributed by atoms with Crippen molar-refractivity contribution in [2.75, 3.05) is 7.11 Å². The van der Waals surface area contributed by atoms with Gasteiger partial charge in [-0.25, -0.2) is 4.39 Å². The maximum Gasteiger partial charge on any atom is 0.185 e. The highest BCUT2D eigenvalue weighted by molar-refractivity contribution is 9.10. The minimum atomic E-state index is -0.365. The number of ether oxygens (including phenoxy) is 1.